The average Bonchev–Trinajstić information content (AvgIpc) is 3.36. The molecular formula is C25H30IN5O2. The third kappa shape index (κ3) is 8.02. The highest BCUT2D eigenvalue weighted by molar-refractivity contribution is 14.0. The summed E-state index contributed by atoms with van der Waals surface area (Å²) in [5, 5.41) is 10.9. The van der Waals surface area contributed by atoms with Crippen LogP contribution in [0.5, 0.6) is 11.5 Å². The molecule has 2 aromatic carbocycles. The van der Waals surface area contributed by atoms with Crippen molar-refractivity contribution in [3.8, 4) is 29.5 Å². The first kappa shape index (κ1) is 26.1. The lowest BCUT2D eigenvalue weighted by Gasteiger charge is -2.13. The summed E-state index contributed by atoms with van der Waals surface area (Å²) in [6.07, 6.45) is 9.89. The van der Waals surface area contributed by atoms with Crippen molar-refractivity contribution in [2.45, 2.75) is 19.9 Å². The molecule has 0 fully saturated rings. The molecule has 0 saturated heterocycles. The zero-order chi connectivity index (χ0) is 22.6. The average molecular weight is 559 g/mol. The van der Waals surface area contributed by atoms with Gasteiger partial charge in [0.25, 0.3) is 0 Å². The van der Waals surface area contributed by atoms with Gasteiger partial charge in [-0.3, -0.25) is 0 Å². The van der Waals surface area contributed by atoms with Crippen LogP contribution in [0.25, 0.3) is 5.69 Å². The molecule has 1 heterocycles. The van der Waals surface area contributed by atoms with Crippen molar-refractivity contribution < 1.29 is 9.47 Å². The van der Waals surface area contributed by atoms with Crippen molar-refractivity contribution in [1.82, 2.24) is 20.4 Å². The molecule has 3 rings (SSSR count). The van der Waals surface area contributed by atoms with E-state index < -0.39 is 0 Å². The number of nitrogens with one attached hydrogen (secondary N) is 2. The Bertz CT molecular complexity index is 1040. The van der Waals surface area contributed by atoms with E-state index in [-0.39, 0.29) is 30.6 Å². The minimum atomic E-state index is 0. The SMILES string of the molecule is C#CCOc1cc(CN=C(NCC)NCCc2ccc(-n3cccn3)cc2)ccc1OC.I. The van der Waals surface area contributed by atoms with Crippen molar-refractivity contribution in [3.63, 3.8) is 0 Å². The van der Waals surface area contributed by atoms with Gasteiger partial charge in [0.05, 0.1) is 19.3 Å². The van der Waals surface area contributed by atoms with Crippen LogP contribution in [0, 0.1) is 12.3 Å². The topological polar surface area (TPSA) is 72.7 Å². The number of rotatable bonds is 10. The van der Waals surface area contributed by atoms with Gasteiger partial charge in [0.15, 0.2) is 17.5 Å². The normalized spacial score (nSPS) is 10.6. The van der Waals surface area contributed by atoms with E-state index in [1.54, 1.807) is 13.3 Å². The molecule has 0 bridgehead atoms. The van der Waals surface area contributed by atoms with E-state index in [9.17, 15) is 0 Å². The van der Waals surface area contributed by atoms with Crippen LogP contribution in [-0.4, -0.2) is 42.5 Å². The van der Waals surface area contributed by atoms with Crippen molar-refractivity contribution in [3.05, 3.63) is 72.1 Å². The van der Waals surface area contributed by atoms with Crippen LogP contribution >= 0.6 is 24.0 Å². The van der Waals surface area contributed by atoms with Crippen LogP contribution < -0.4 is 20.1 Å². The molecule has 0 unspecified atom stereocenters. The third-order valence-electron chi connectivity index (χ3n) is 4.71. The first-order valence-electron chi connectivity index (χ1n) is 10.6. The highest BCUT2D eigenvalue weighted by atomic mass is 127. The van der Waals surface area contributed by atoms with Gasteiger partial charge in [0.1, 0.15) is 6.61 Å². The molecule has 0 amide bonds. The number of nitrogens with zero attached hydrogens (tertiary/aromatic N) is 3. The summed E-state index contributed by atoms with van der Waals surface area (Å²) in [6.45, 7) is 4.29. The van der Waals surface area contributed by atoms with E-state index >= 15 is 0 Å². The lowest BCUT2D eigenvalue weighted by Crippen LogP contribution is -2.38. The van der Waals surface area contributed by atoms with Crippen molar-refractivity contribution in [2.24, 2.45) is 4.99 Å². The maximum absolute atomic E-state index is 5.57. The van der Waals surface area contributed by atoms with Crippen LogP contribution in [0.4, 0.5) is 0 Å². The molecule has 0 aliphatic carbocycles. The standard InChI is InChI=1S/C25H29N5O2.HI/c1-4-17-32-24-18-21(9-12-23(24)31-3)19-28-25(26-5-2)27-15-13-20-7-10-22(11-8-20)30-16-6-14-29-30;/h1,6-12,14,16,18H,5,13,15,17,19H2,2-3H3,(H2,26,27,28);1H. The van der Waals surface area contributed by atoms with Gasteiger partial charge < -0.3 is 20.1 Å². The molecule has 8 heteroatoms. The van der Waals surface area contributed by atoms with Crippen molar-refractivity contribution in [2.75, 3.05) is 26.8 Å². The Kier molecular flexibility index (Phi) is 11.1. The fourth-order valence-corrected chi connectivity index (χ4v) is 3.13. The summed E-state index contributed by atoms with van der Waals surface area (Å²) < 4.78 is 12.7. The molecule has 1 aromatic heterocycles. The number of hydrogen-bond donors (Lipinski definition) is 2. The minimum absolute atomic E-state index is 0. The van der Waals surface area contributed by atoms with Crippen LogP contribution in [0.1, 0.15) is 18.1 Å². The van der Waals surface area contributed by atoms with Crippen LogP contribution in [0.15, 0.2) is 65.9 Å². The first-order valence-corrected chi connectivity index (χ1v) is 10.6. The van der Waals surface area contributed by atoms with E-state index in [1.165, 1.54) is 5.56 Å². The Morgan fingerprint density at radius 1 is 1.12 bits per heavy atom. The molecule has 7 nitrogen and oxygen atoms in total. The Hall–Kier alpha value is -3.19. The lowest BCUT2D eigenvalue weighted by molar-refractivity contribution is 0.330. The number of benzene rings is 2. The number of halogens is 1. The van der Waals surface area contributed by atoms with Gasteiger partial charge in [-0.2, -0.15) is 5.10 Å². The summed E-state index contributed by atoms with van der Waals surface area (Å²) in [5.74, 6) is 4.51. The second-order valence-electron chi connectivity index (χ2n) is 6.97. The van der Waals surface area contributed by atoms with E-state index in [0.717, 1.165) is 36.7 Å². The fraction of sp³-hybridized carbons (Fsp3) is 0.280. The van der Waals surface area contributed by atoms with Crippen LogP contribution in [-0.2, 0) is 13.0 Å². The molecule has 2 N–H and O–H groups in total. The van der Waals surface area contributed by atoms with E-state index in [4.69, 9.17) is 15.9 Å². The van der Waals surface area contributed by atoms with Crippen LogP contribution in [0.2, 0.25) is 0 Å². The van der Waals surface area contributed by atoms with Gasteiger partial charge >= 0.3 is 0 Å². The van der Waals surface area contributed by atoms with Gasteiger partial charge in [0, 0.05) is 25.5 Å². The van der Waals surface area contributed by atoms with Crippen molar-refractivity contribution in [1.29, 1.82) is 0 Å². The lowest BCUT2D eigenvalue weighted by atomic mass is 10.1. The van der Waals surface area contributed by atoms with E-state index in [1.807, 2.05) is 42.1 Å². The molecule has 3 aromatic rings. The third-order valence-corrected chi connectivity index (χ3v) is 4.71. The molecule has 0 aliphatic rings. The Balaban J connectivity index is 0.00000385. The number of aromatic nitrogens is 2. The molecule has 0 saturated carbocycles. The zero-order valence-electron chi connectivity index (χ0n) is 19.0. The smallest absolute Gasteiger partial charge is 0.191 e. The number of guanidine groups is 1. The summed E-state index contributed by atoms with van der Waals surface area (Å²) >= 11 is 0. The van der Waals surface area contributed by atoms with Crippen molar-refractivity contribution >= 4 is 29.9 Å². The largest absolute Gasteiger partial charge is 0.493 e. The molecule has 0 spiro atoms. The Labute approximate surface area is 212 Å². The highest BCUT2D eigenvalue weighted by Gasteiger charge is 2.06. The minimum Gasteiger partial charge on any atom is -0.493 e. The van der Waals surface area contributed by atoms with Gasteiger partial charge in [-0.25, -0.2) is 9.67 Å². The van der Waals surface area contributed by atoms with Gasteiger partial charge in [-0.15, -0.1) is 30.4 Å². The number of aliphatic imine (C=N–C) groups is 1. The molecule has 0 aliphatic heterocycles. The highest BCUT2D eigenvalue weighted by Crippen LogP contribution is 2.28. The monoisotopic (exact) mass is 559 g/mol. The zero-order valence-corrected chi connectivity index (χ0v) is 21.3. The predicted octanol–water partition coefficient (Wildman–Crippen LogP) is 3.81. The number of ether oxygens (including phenoxy) is 2. The second-order valence-corrected chi connectivity index (χ2v) is 6.97. The summed E-state index contributed by atoms with van der Waals surface area (Å²) in [5.41, 5.74) is 3.30. The summed E-state index contributed by atoms with van der Waals surface area (Å²) in [6, 6.07) is 16.0. The first-order chi connectivity index (χ1) is 15.7. The Morgan fingerprint density at radius 2 is 1.91 bits per heavy atom. The van der Waals surface area contributed by atoms with Crippen LogP contribution in [0.3, 0.4) is 0 Å². The number of hydrogen-bond acceptors (Lipinski definition) is 4. The molecular weight excluding hydrogens is 529 g/mol. The van der Waals surface area contributed by atoms with Gasteiger partial charge in [-0.05, 0) is 54.8 Å². The number of methoxy groups -OCH3 is 1. The molecule has 0 atom stereocenters. The maximum atomic E-state index is 5.57. The second kappa shape index (κ2) is 14.1. The maximum Gasteiger partial charge on any atom is 0.191 e. The fourth-order valence-electron chi connectivity index (χ4n) is 3.13. The molecule has 33 heavy (non-hydrogen) atoms. The number of terminal acetylenes is 1. The summed E-state index contributed by atoms with van der Waals surface area (Å²) in [4.78, 5) is 4.69. The van der Waals surface area contributed by atoms with E-state index in [0.29, 0.717) is 18.0 Å². The molecule has 174 valence electrons. The van der Waals surface area contributed by atoms with Gasteiger partial charge in [0.2, 0.25) is 0 Å². The quantitative estimate of drug-likeness (QED) is 0.171. The molecule has 0 radical (unpaired) electrons. The predicted molar refractivity (Wildman–Crippen MR) is 143 cm³/mol. The van der Waals surface area contributed by atoms with E-state index in [2.05, 4.69) is 50.9 Å². The summed E-state index contributed by atoms with van der Waals surface area (Å²) in [7, 11) is 1.61. The van der Waals surface area contributed by atoms with Gasteiger partial charge in [-0.1, -0.05) is 24.1 Å². The Morgan fingerprint density at radius 3 is 2.58 bits per heavy atom.